The summed E-state index contributed by atoms with van der Waals surface area (Å²) in [6, 6.07) is 7.17. The van der Waals surface area contributed by atoms with Crippen LogP contribution in [0.5, 0.6) is 0 Å². The van der Waals surface area contributed by atoms with E-state index in [1.165, 1.54) is 23.5 Å². The van der Waals surface area contributed by atoms with Crippen molar-refractivity contribution in [3.05, 3.63) is 45.8 Å². The predicted molar refractivity (Wildman–Crippen MR) is 76.8 cm³/mol. The van der Waals surface area contributed by atoms with Gasteiger partial charge < -0.3 is 0 Å². The zero-order valence-corrected chi connectivity index (χ0v) is 12.3. The lowest BCUT2D eigenvalue weighted by molar-refractivity contribution is -0.137. The lowest BCUT2D eigenvalue weighted by Gasteiger charge is -2.10. The van der Waals surface area contributed by atoms with Gasteiger partial charge in [-0.1, -0.05) is 17.7 Å². The van der Waals surface area contributed by atoms with Gasteiger partial charge in [0, 0.05) is 10.8 Å². The molecular formula is C15H10ClF3OS. The molecule has 0 saturated heterocycles. The summed E-state index contributed by atoms with van der Waals surface area (Å²) >= 11 is 6.83. The van der Waals surface area contributed by atoms with Crippen molar-refractivity contribution in [1.29, 1.82) is 0 Å². The van der Waals surface area contributed by atoms with E-state index in [0.29, 0.717) is 15.3 Å². The number of hydrogen-bond donors (Lipinski definition) is 0. The minimum Gasteiger partial charge on any atom is -0.293 e. The van der Waals surface area contributed by atoms with E-state index in [2.05, 4.69) is 0 Å². The molecule has 0 N–H and O–H groups in total. The van der Waals surface area contributed by atoms with Crippen molar-refractivity contribution in [3.8, 4) is 10.4 Å². The zero-order chi connectivity index (χ0) is 15.2. The molecule has 0 bridgehead atoms. The Labute approximate surface area is 128 Å². The maximum absolute atomic E-state index is 12.9. The first-order valence-electron chi connectivity index (χ1n) is 6.37. The molecule has 0 radical (unpaired) electrons. The number of carbonyl (C=O) groups is 1. The molecule has 110 valence electrons. The Balaban J connectivity index is 1.95. The highest BCUT2D eigenvalue weighted by Crippen LogP contribution is 2.40. The van der Waals surface area contributed by atoms with Crippen LogP contribution >= 0.6 is 22.9 Å². The van der Waals surface area contributed by atoms with Gasteiger partial charge in [-0.15, -0.1) is 11.3 Å². The number of benzene rings is 1. The van der Waals surface area contributed by atoms with Crippen LogP contribution in [0.4, 0.5) is 13.2 Å². The van der Waals surface area contributed by atoms with E-state index in [9.17, 15) is 18.0 Å². The number of alkyl halides is 3. The Hall–Kier alpha value is -1.33. The molecular weight excluding hydrogens is 321 g/mol. The van der Waals surface area contributed by atoms with Crippen LogP contribution in [0.2, 0.25) is 5.02 Å². The first kappa shape index (κ1) is 14.6. The monoisotopic (exact) mass is 330 g/mol. The minimum atomic E-state index is -4.49. The van der Waals surface area contributed by atoms with E-state index in [4.69, 9.17) is 11.6 Å². The summed E-state index contributed by atoms with van der Waals surface area (Å²) in [7, 11) is 0. The molecule has 0 spiro atoms. The number of hydrogen-bond acceptors (Lipinski definition) is 2. The minimum absolute atomic E-state index is 0.0938. The van der Waals surface area contributed by atoms with Gasteiger partial charge in [-0.05, 0) is 42.7 Å². The van der Waals surface area contributed by atoms with Gasteiger partial charge in [-0.3, -0.25) is 4.79 Å². The summed E-state index contributed by atoms with van der Waals surface area (Å²) in [5.41, 5.74) is -0.434. The average Bonchev–Trinajstić information content (AvgIpc) is 3.15. The number of carbonyl (C=O) groups excluding carboxylic acids is 1. The molecule has 1 fully saturated rings. The normalized spacial score (nSPS) is 15.2. The van der Waals surface area contributed by atoms with Crippen LogP contribution < -0.4 is 0 Å². The molecule has 0 atom stereocenters. The molecule has 0 amide bonds. The Morgan fingerprint density at radius 1 is 1.19 bits per heavy atom. The third-order valence-electron chi connectivity index (χ3n) is 3.35. The van der Waals surface area contributed by atoms with Gasteiger partial charge in [0.05, 0.1) is 15.5 Å². The second kappa shape index (κ2) is 5.14. The molecule has 21 heavy (non-hydrogen) atoms. The molecule has 1 aromatic carbocycles. The topological polar surface area (TPSA) is 17.1 Å². The molecule has 2 aromatic rings. The van der Waals surface area contributed by atoms with Gasteiger partial charge in [0.15, 0.2) is 5.78 Å². The summed E-state index contributed by atoms with van der Waals surface area (Å²) in [6.45, 7) is 0. The number of thiophene rings is 1. The molecule has 0 aliphatic heterocycles. The number of rotatable bonds is 3. The highest BCUT2D eigenvalue weighted by Gasteiger charge is 2.34. The van der Waals surface area contributed by atoms with Gasteiger partial charge in [0.2, 0.25) is 0 Å². The first-order chi connectivity index (χ1) is 9.86. The molecule has 1 nitrogen and oxygen atoms in total. The van der Waals surface area contributed by atoms with Crippen LogP contribution in [-0.4, -0.2) is 5.78 Å². The number of Topliss-reactive ketones (excluding diaryl/α,β-unsaturated/α-hetero) is 1. The second-order valence-electron chi connectivity index (χ2n) is 4.99. The maximum atomic E-state index is 12.9. The summed E-state index contributed by atoms with van der Waals surface area (Å²) < 4.78 is 38.6. The third kappa shape index (κ3) is 2.99. The SMILES string of the molecule is O=C(c1ccc(-c2ccc(Cl)c(C(F)(F)F)c2)s1)C1CC1. The molecule has 3 rings (SSSR count). The van der Waals surface area contributed by atoms with Crippen molar-refractivity contribution in [3.63, 3.8) is 0 Å². The maximum Gasteiger partial charge on any atom is 0.417 e. The second-order valence-corrected chi connectivity index (χ2v) is 6.49. The summed E-state index contributed by atoms with van der Waals surface area (Å²) in [6.07, 6.45) is -2.67. The van der Waals surface area contributed by atoms with Crippen molar-refractivity contribution in [2.75, 3.05) is 0 Å². The van der Waals surface area contributed by atoms with Crippen LogP contribution in [0.1, 0.15) is 28.1 Å². The van der Waals surface area contributed by atoms with Crippen LogP contribution in [0.15, 0.2) is 30.3 Å². The molecule has 1 heterocycles. The van der Waals surface area contributed by atoms with Crippen molar-refractivity contribution >= 4 is 28.7 Å². The highest BCUT2D eigenvalue weighted by molar-refractivity contribution is 7.17. The van der Waals surface area contributed by atoms with Crippen molar-refractivity contribution in [2.45, 2.75) is 19.0 Å². The fraction of sp³-hybridized carbons (Fsp3) is 0.267. The molecule has 1 saturated carbocycles. The van der Waals surface area contributed by atoms with Gasteiger partial charge in [0.25, 0.3) is 0 Å². The van der Waals surface area contributed by atoms with Crippen LogP contribution in [0, 0.1) is 5.92 Å². The van der Waals surface area contributed by atoms with E-state index in [-0.39, 0.29) is 16.7 Å². The Bertz CT molecular complexity index is 701. The van der Waals surface area contributed by atoms with Crippen LogP contribution in [0.3, 0.4) is 0 Å². The standard InChI is InChI=1S/C15H10ClF3OS/c16-11-4-3-9(7-10(11)15(17,18)19)12-5-6-13(21-12)14(20)8-1-2-8/h3-8H,1-2H2. The van der Waals surface area contributed by atoms with Gasteiger partial charge in [-0.2, -0.15) is 13.2 Å². The zero-order valence-electron chi connectivity index (χ0n) is 10.7. The van der Waals surface area contributed by atoms with Crippen LogP contribution in [0.25, 0.3) is 10.4 Å². The van der Waals surface area contributed by atoms with Crippen molar-refractivity contribution in [2.24, 2.45) is 5.92 Å². The Kier molecular flexibility index (Phi) is 3.58. The fourth-order valence-electron chi connectivity index (χ4n) is 2.07. The van der Waals surface area contributed by atoms with E-state index >= 15 is 0 Å². The number of ketones is 1. The summed E-state index contributed by atoms with van der Waals surface area (Å²) in [4.78, 5) is 13.2. The predicted octanol–water partition coefficient (Wildman–Crippen LogP) is 5.68. The van der Waals surface area contributed by atoms with Gasteiger partial charge in [0.1, 0.15) is 0 Å². The molecule has 1 aliphatic rings. The molecule has 0 unspecified atom stereocenters. The fourth-order valence-corrected chi connectivity index (χ4v) is 3.31. The van der Waals surface area contributed by atoms with Gasteiger partial charge >= 0.3 is 6.18 Å². The molecule has 6 heteroatoms. The van der Waals surface area contributed by atoms with Gasteiger partial charge in [-0.25, -0.2) is 0 Å². The van der Waals surface area contributed by atoms with E-state index in [1.807, 2.05) is 0 Å². The third-order valence-corrected chi connectivity index (χ3v) is 4.83. The van der Waals surface area contributed by atoms with Crippen molar-refractivity contribution in [1.82, 2.24) is 0 Å². The van der Waals surface area contributed by atoms with Crippen molar-refractivity contribution < 1.29 is 18.0 Å². The number of halogens is 4. The Morgan fingerprint density at radius 3 is 2.52 bits per heavy atom. The van der Waals surface area contributed by atoms with E-state index < -0.39 is 11.7 Å². The van der Waals surface area contributed by atoms with E-state index in [1.54, 1.807) is 12.1 Å². The smallest absolute Gasteiger partial charge is 0.293 e. The first-order valence-corrected chi connectivity index (χ1v) is 7.57. The largest absolute Gasteiger partial charge is 0.417 e. The quantitative estimate of drug-likeness (QED) is 0.662. The Morgan fingerprint density at radius 2 is 1.90 bits per heavy atom. The lowest BCUT2D eigenvalue weighted by Crippen LogP contribution is -2.05. The summed E-state index contributed by atoms with van der Waals surface area (Å²) in [5.74, 6) is 0.198. The molecule has 1 aliphatic carbocycles. The molecule has 1 aromatic heterocycles. The van der Waals surface area contributed by atoms with Crippen LogP contribution in [-0.2, 0) is 6.18 Å². The highest BCUT2D eigenvalue weighted by atomic mass is 35.5. The summed E-state index contributed by atoms with van der Waals surface area (Å²) in [5, 5.41) is -0.322. The van der Waals surface area contributed by atoms with E-state index in [0.717, 1.165) is 18.9 Å². The lowest BCUT2D eigenvalue weighted by atomic mass is 10.1. The average molecular weight is 331 g/mol.